The number of carbonyl (C=O) groups excluding carboxylic acids is 2. The normalized spacial score (nSPS) is 22.1. The lowest BCUT2D eigenvalue weighted by molar-refractivity contribution is -0.134. The summed E-state index contributed by atoms with van der Waals surface area (Å²) in [5.41, 5.74) is 1.62. The van der Waals surface area contributed by atoms with E-state index in [1.54, 1.807) is 29.4 Å². The van der Waals surface area contributed by atoms with Gasteiger partial charge in [-0.2, -0.15) is 0 Å². The summed E-state index contributed by atoms with van der Waals surface area (Å²) in [5, 5.41) is 3.25. The SMILES string of the molecule is C[C@@]1(C(=O)NC2CCCCCC2)Cn2c(cc3occc32)C(=O)N1Cc1ccc(F)cc1. The first-order chi connectivity index (χ1) is 15.5. The Balaban J connectivity index is 1.51. The van der Waals surface area contributed by atoms with E-state index in [4.69, 9.17) is 4.42 Å². The fraction of sp³-hybridized carbons (Fsp3) is 0.440. The highest BCUT2D eigenvalue weighted by Gasteiger charge is 2.48. The van der Waals surface area contributed by atoms with E-state index in [-0.39, 0.29) is 30.2 Å². The van der Waals surface area contributed by atoms with E-state index in [2.05, 4.69) is 5.32 Å². The van der Waals surface area contributed by atoms with Crippen LogP contribution < -0.4 is 5.32 Å². The molecule has 0 unspecified atom stereocenters. The van der Waals surface area contributed by atoms with Crippen LogP contribution >= 0.6 is 0 Å². The second-order valence-corrected chi connectivity index (χ2v) is 9.24. The van der Waals surface area contributed by atoms with Crippen molar-refractivity contribution >= 4 is 22.9 Å². The molecule has 1 aromatic carbocycles. The Hall–Kier alpha value is -3.09. The van der Waals surface area contributed by atoms with Gasteiger partial charge < -0.3 is 19.2 Å². The average Bonchev–Trinajstić information content (AvgIpc) is 3.27. The Morgan fingerprint density at radius 2 is 1.88 bits per heavy atom. The first-order valence-corrected chi connectivity index (χ1v) is 11.4. The molecule has 6 nitrogen and oxygen atoms in total. The van der Waals surface area contributed by atoms with Crippen LogP contribution in [-0.4, -0.2) is 32.9 Å². The van der Waals surface area contributed by atoms with Gasteiger partial charge in [-0.05, 0) is 37.5 Å². The second kappa shape index (κ2) is 8.11. The van der Waals surface area contributed by atoms with Gasteiger partial charge in [-0.1, -0.05) is 37.8 Å². The standard InChI is InChI=1S/C25H28FN3O3/c1-25(24(31)27-19-6-4-2-3-5-7-19)16-28-20-12-13-32-22(20)14-21(28)23(30)29(25)15-17-8-10-18(26)11-9-17/h8-14,19H,2-7,15-16H2,1H3,(H,27,31)/t25-/m0/s1. The molecule has 5 rings (SSSR count). The van der Waals surface area contributed by atoms with Crippen LogP contribution in [0.4, 0.5) is 4.39 Å². The average molecular weight is 438 g/mol. The molecule has 0 radical (unpaired) electrons. The van der Waals surface area contributed by atoms with E-state index < -0.39 is 5.54 Å². The molecule has 32 heavy (non-hydrogen) atoms. The Morgan fingerprint density at radius 3 is 2.59 bits per heavy atom. The third kappa shape index (κ3) is 3.59. The molecule has 1 atom stereocenters. The van der Waals surface area contributed by atoms with Crippen molar-refractivity contribution in [2.75, 3.05) is 0 Å². The maximum atomic E-state index is 13.7. The number of halogens is 1. The number of fused-ring (bicyclic) bond motifs is 3. The van der Waals surface area contributed by atoms with Gasteiger partial charge in [-0.3, -0.25) is 9.59 Å². The van der Waals surface area contributed by atoms with Crippen LogP contribution in [0.25, 0.3) is 11.1 Å². The van der Waals surface area contributed by atoms with E-state index >= 15 is 0 Å². The van der Waals surface area contributed by atoms with Crippen LogP contribution in [0.5, 0.6) is 0 Å². The van der Waals surface area contributed by atoms with Crippen LogP contribution in [0.1, 0.15) is 61.5 Å². The Kier molecular flexibility index (Phi) is 5.27. The number of furan rings is 1. The minimum Gasteiger partial charge on any atom is -0.463 e. The summed E-state index contributed by atoms with van der Waals surface area (Å²) in [5.74, 6) is -0.705. The number of benzene rings is 1. The number of nitrogens with zero attached hydrogens (tertiary/aromatic N) is 2. The molecule has 1 aliphatic carbocycles. The maximum absolute atomic E-state index is 13.7. The summed E-state index contributed by atoms with van der Waals surface area (Å²) in [4.78, 5) is 29.0. The molecule has 1 fully saturated rings. The second-order valence-electron chi connectivity index (χ2n) is 9.24. The first kappa shape index (κ1) is 20.8. The topological polar surface area (TPSA) is 67.5 Å². The number of amides is 2. The number of nitrogens with one attached hydrogen (secondary N) is 1. The van der Waals surface area contributed by atoms with E-state index in [1.165, 1.54) is 25.0 Å². The van der Waals surface area contributed by atoms with E-state index in [0.29, 0.717) is 17.8 Å². The summed E-state index contributed by atoms with van der Waals surface area (Å²) < 4.78 is 20.8. The van der Waals surface area contributed by atoms with Gasteiger partial charge in [-0.15, -0.1) is 0 Å². The van der Waals surface area contributed by atoms with Crippen molar-refractivity contribution in [3.05, 3.63) is 59.7 Å². The Labute approximate surface area is 186 Å². The number of hydrogen-bond acceptors (Lipinski definition) is 3. The fourth-order valence-corrected chi connectivity index (χ4v) is 5.06. The highest BCUT2D eigenvalue weighted by atomic mass is 19.1. The molecule has 1 aliphatic heterocycles. The summed E-state index contributed by atoms with van der Waals surface area (Å²) in [7, 11) is 0. The first-order valence-electron chi connectivity index (χ1n) is 11.4. The van der Waals surface area contributed by atoms with Gasteiger partial charge >= 0.3 is 0 Å². The zero-order valence-corrected chi connectivity index (χ0v) is 18.3. The van der Waals surface area contributed by atoms with Gasteiger partial charge in [0.25, 0.3) is 5.91 Å². The molecule has 0 saturated heterocycles. The summed E-state index contributed by atoms with van der Waals surface area (Å²) in [6, 6.07) is 9.76. The Bertz CT molecular complexity index is 1140. The van der Waals surface area contributed by atoms with Crippen LogP contribution in [-0.2, 0) is 17.9 Å². The number of hydrogen-bond donors (Lipinski definition) is 1. The molecule has 1 saturated carbocycles. The highest BCUT2D eigenvalue weighted by molar-refractivity contribution is 6.02. The quantitative estimate of drug-likeness (QED) is 0.606. The lowest BCUT2D eigenvalue weighted by Crippen LogP contribution is -2.64. The van der Waals surface area contributed by atoms with Crippen molar-refractivity contribution in [3.63, 3.8) is 0 Å². The minimum atomic E-state index is -1.09. The highest BCUT2D eigenvalue weighted by Crippen LogP contribution is 2.34. The third-order valence-corrected chi connectivity index (χ3v) is 6.98. The van der Waals surface area contributed by atoms with Crippen LogP contribution in [0.15, 0.2) is 47.1 Å². The molecule has 7 heteroatoms. The smallest absolute Gasteiger partial charge is 0.271 e. The summed E-state index contributed by atoms with van der Waals surface area (Å²) in [6.45, 7) is 2.38. The van der Waals surface area contributed by atoms with Crippen molar-refractivity contribution in [1.82, 2.24) is 14.8 Å². The molecular formula is C25H28FN3O3. The third-order valence-electron chi connectivity index (χ3n) is 6.98. The predicted octanol–water partition coefficient (Wildman–Crippen LogP) is 4.63. The molecule has 1 N–H and O–H groups in total. The van der Waals surface area contributed by atoms with Crippen LogP contribution in [0, 0.1) is 5.82 Å². The number of carbonyl (C=O) groups is 2. The van der Waals surface area contributed by atoms with Gasteiger partial charge in [-0.25, -0.2) is 4.39 Å². The van der Waals surface area contributed by atoms with Crippen molar-refractivity contribution in [1.29, 1.82) is 0 Å². The fourth-order valence-electron chi connectivity index (χ4n) is 5.06. The van der Waals surface area contributed by atoms with Crippen LogP contribution in [0.3, 0.4) is 0 Å². The molecule has 2 amide bonds. The lowest BCUT2D eigenvalue weighted by atomic mass is 9.93. The van der Waals surface area contributed by atoms with E-state index in [1.807, 2.05) is 17.6 Å². The largest absolute Gasteiger partial charge is 0.463 e. The lowest BCUT2D eigenvalue weighted by Gasteiger charge is -2.44. The molecule has 3 heterocycles. The summed E-state index contributed by atoms with van der Waals surface area (Å²) in [6.07, 6.45) is 8.14. The zero-order valence-electron chi connectivity index (χ0n) is 18.3. The summed E-state index contributed by atoms with van der Waals surface area (Å²) >= 11 is 0. The molecule has 2 aromatic heterocycles. The molecule has 2 aliphatic rings. The van der Waals surface area contributed by atoms with Gasteiger partial charge in [0.1, 0.15) is 17.1 Å². The van der Waals surface area contributed by atoms with Gasteiger partial charge in [0.05, 0.1) is 18.3 Å². The van der Waals surface area contributed by atoms with Crippen molar-refractivity contribution in [2.24, 2.45) is 0 Å². The van der Waals surface area contributed by atoms with Crippen molar-refractivity contribution in [3.8, 4) is 0 Å². The predicted molar refractivity (Wildman–Crippen MR) is 119 cm³/mol. The van der Waals surface area contributed by atoms with Crippen molar-refractivity contribution < 1.29 is 18.4 Å². The van der Waals surface area contributed by atoms with E-state index in [9.17, 15) is 14.0 Å². The van der Waals surface area contributed by atoms with Gasteiger partial charge in [0.15, 0.2) is 5.58 Å². The van der Waals surface area contributed by atoms with Gasteiger partial charge in [0.2, 0.25) is 5.91 Å². The Morgan fingerprint density at radius 1 is 1.16 bits per heavy atom. The van der Waals surface area contributed by atoms with Crippen molar-refractivity contribution in [2.45, 2.75) is 70.1 Å². The van der Waals surface area contributed by atoms with Crippen LogP contribution in [0.2, 0.25) is 0 Å². The monoisotopic (exact) mass is 437 g/mol. The molecule has 0 spiro atoms. The minimum absolute atomic E-state index is 0.129. The zero-order chi connectivity index (χ0) is 22.3. The molecule has 0 bridgehead atoms. The molecular weight excluding hydrogens is 409 g/mol. The number of aromatic nitrogens is 1. The molecule has 168 valence electrons. The molecule has 3 aromatic rings. The number of rotatable bonds is 4. The van der Waals surface area contributed by atoms with Gasteiger partial charge in [0, 0.05) is 24.7 Å². The van der Waals surface area contributed by atoms with E-state index in [0.717, 1.165) is 36.8 Å². The maximum Gasteiger partial charge on any atom is 0.271 e.